The lowest BCUT2D eigenvalue weighted by molar-refractivity contribution is 0.0917. The van der Waals surface area contributed by atoms with Gasteiger partial charge in [0.05, 0.1) is 0 Å². The van der Waals surface area contributed by atoms with Gasteiger partial charge < -0.3 is 10.2 Å². The third-order valence-electron chi connectivity index (χ3n) is 4.27. The Labute approximate surface area is 135 Å². The van der Waals surface area contributed by atoms with Crippen LogP contribution in [-0.2, 0) is 6.54 Å². The number of carbonyl (C=O) groups is 1. The van der Waals surface area contributed by atoms with Crippen molar-refractivity contribution in [2.45, 2.75) is 32.4 Å². The molecular formula is C16H22N6O. The van der Waals surface area contributed by atoms with Gasteiger partial charge in [-0.05, 0) is 62.5 Å². The molecule has 3 rings (SSSR count). The zero-order valence-corrected chi connectivity index (χ0v) is 13.6. The summed E-state index contributed by atoms with van der Waals surface area (Å²) in [5.41, 5.74) is 1.50. The Morgan fingerprint density at radius 3 is 2.87 bits per heavy atom. The number of benzene rings is 1. The number of rotatable bonds is 4. The minimum atomic E-state index is -0.0306. The van der Waals surface area contributed by atoms with E-state index in [9.17, 15) is 4.79 Å². The van der Waals surface area contributed by atoms with Crippen molar-refractivity contribution in [3.8, 4) is 11.4 Å². The third kappa shape index (κ3) is 3.56. The Balaban J connectivity index is 1.73. The van der Waals surface area contributed by atoms with Gasteiger partial charge in [0, 0.05) is 23.7 Å². The molecule has 2 aromatic rings. The molecule has 7 heteroatoms. The second kappa shape index (κ2) is 6.87. The Morgan fingerprint density at radius 1 is 1.35 bits per heavy atom. The molecule has 23 heavy (non-hydrogen) atoms. The van der Waals surface area contributed by atoms with Crippen LogP contribution < -0.4 is 5.32 Å². The van der Waals surface area contributed by atoms with Crippen molar-refractivity contribution in [2.24, 2.45) is 0 Å². The van der Waals surface area contributed by atoms with Crippen molar-refractivity contribution in [2.75, 3.05) is 20.1 Å². The fraction of sp³-hybridized carbons (Fsp3) is 0.500. The predicted octanol–water partition coefficient (Wildman–Crippen LogP) is 1.18. The topological polar surface area (TPSA) is 75.9 Å². The average Bonchev–Trinajstić information content (AvgIpc) is 3.06. The minimum Gasteiger partial charge on any atom is -0.349 e. The fourth-order valence-corrected chi connectivity index (χ4v) is 2.85. The molecule has 1 saturated heterocycles. The molecule has 1 aromatic heterocycles. The van der Waals surface area contributed by atoms with Crippen LogP contribution in [0.4, 0.5) is 0 Å². The van der Waals surface area contributed by atoms with Gasteiger partial charge in [-0.1, -0.05) is 12.1 Å². The second-order valence-electron chi connectivity index (χ2n) is 5.95. The van der Waals surface area contributed by atoms with Crippen LogP contribution in [-0.4, -0.2) is 57.2 Å². The van der Waals surface area contributed by atoms with Crippen LogP contribution >= 0.6 is 0 Å². The van der Waals surface area contributed by atoms with Crippen molar-refractivity contribution < 1.29 is 4.79 Å². The molecule has 0 spiro atoms. The van der Waals surface area contributed by atoms with Crippen molar-refractivity contribution in [3.63, 3.8) is 0 Å². The van der Waals surface area contributed by atoms with E-state index in [1.807, 2.05) is 31.2 Å². The van der Waals surface area contributed by atoms with Crippen LogP contribution in [0.2, 0.25) is 0 Å². The highest BCUT2D eigenvalue weighted by molar-refractivity contribution is 5.95. The molecule has 0 bridgehead atoms. The Kier molecular flexibility index (Phi) is 4.66. The number of likely N-dealkylation sites (tertiary alicyclic amines) is 1. The van der Waals surface area contributed by atoms with Crippen molar-refractivity contribution >= 4 is 5.91 Å². The van der Waals surface area contributed by atoms with Gasteiger partial charge in [-0.25, -0.2) is 4.68 Å². The van der Waals surface area contributed by atoms with Gasteiger partial charge in [-0.3, -0.25) is 4.79 Å². The maximum Gasteiger partial charge on any atom is 0.251 e. The Hall–Kier alpha value is -2.28. The molecule has 0 radical (unpaired) electrons. The number of nitrogens with one attached hydrogen (secondary N) is 1. The van der Waals surface area contributed by atoms with Gasteiger partial charge in [0.25, 0.3) is 5.91 Å². The first-order chi connectivity index (χ1) is 11.2. The molecular weight excluding hydrogens is 292 g/mol. The summed E-state index contributed by atoms with van der Waals surface area (Å²) in [5.74, 6) is 0.651. The van der Waals surface area contributed by atoms with E-state index in [2.05, 4.69) is 32.8 Å². The first-order valence-corrected chi connectivity index (χ1v) is 8.03. The van der Waals surface area contributed by atoms with E-state index in [0.29, 0.717) is 17.9 Å². The Bertz CT molecular complexity index is 675. The summed E-state index contributed by atoms with van der Waals surface area (Å²) in [6, 6.07) is 7.72. The van der Waals surface area contributed by atoms with Crippen LogP contribution in [0.3, 0.4) is 0 Å². The number of aryl methyl sites for hydroxylation is 1. The van der Waals surface area contributed by atoms with E-state index in [4.69, 9.17) is 0 Å². The van der Waals surface area contributed by atoms with E-state index in [1.54, 1.807) is 4.68 Å². The van der Waals surface area contributed by atoms with Crippen molar-refractivity contribution in [1.82, 2.24) is 30.4 Å². The standard InChI is InChI=1S/C16H22N6O/c1-3-22-15(18-19-20-22)12-5-4-6-13(11-12)16(23)17-14-7-9-21(2)10-8-14/h4-6,11,14H,3,7-10H2,1-2H3,(H,17,23). The quantitative estimate of drug-likeness (QED) is 0.917. The number of nitrogens with zero attached hydrogens (tertiary/aromatic N) is 5. The van der Waals surface area contributed by atoms with E-state index in [1.165, 1.54) is 0 Å². The smallest absolute Gasteiger partial charge is 0.251 e. The zero-order valence-electron chi connectivity index (χ0n) is 13.6. The molecule has 7 nitrogen and oxygen atoms in total. The largest absolute Gasteiger partial charge is 0.349 e. The van der Waals surface area contributed by atoms with E-state index >= 15 is 0 Å². The SMILES string of the molecule is CCn1nnnc1-c1cccc(C(=O)NC2CCN(C)CC2)c1. The number of amides is 1. The van der Waals surface area contributed by atoms with Crippen molar-refractivity contribution in [3.05, 3.63) is 29.8 Å². The third-order valence-corrected chi connectivity index (χ3v) is 4.27. The van der Waals surface area contributed by atoms with E-state index < -0.39 is 0 Å². The Morgan fingerprint density at radius 2 is 2.13 bits per heavy atom. The highest BCUT2D eigenvalue weighted by atomic mass is 16.1. The fourth-order valence-electron chi connectivity index (χ4n) is 2.85. The number of carbonyl (C=O) groups excluding carboxylic acids is 1. The average molecular weight is 314 g/mol. The van der Waals surface area contributed by atoms with Gasteiger partial charge in [0.2, 0.25) is 0 Å². The van der Waals surface area contributed by atoms with Crippen LogP contribution in [0.1, 0.15) is 30.1 Å². The van der Waals surface area contributed by atoms with Gasteiger partial charge in [0.1, 0.15) is 0 Å². The van der Waals surface area contributed by atoms with Crippen LogP contribution in [0, 0.1) is 0 Å². The number of hydrogen-bond donors (Lipinski definition) is 1. The number of hydrogen-bond acceptors (Lipinski definition) is 5. The predicted molar refractivity (Wildman–Crippen MR) is 86.9 cm³/mol. The van der Waals surface area contributed by atoms with E-state index in [-0.39, 0.29) is 11.9 Å². The summed E-state index contributed by atoms with van der Waals surface area (Å²) in [4.78, 5) is 14.8. The lowest BCUT2D eigenvalue weighted by Crippen LogP contribution is -2.43. The lowest BCUT2D eigenvalue weighted by Gasteiger charge is -2.29. The molecule has 0 atom stereocenters. The first-order valence-electron chi connectivity index (χ1n) is 8.03. The summed E-state index contributed by atoms with van der Waals surface area (Å²) in [7, 11) is 2.11. The number of piperidine rings is 1. The lowest BCUT2D eigenvalue weighted by atomic mass is 10.0. The number of tetrazole rings is 1. The zero-order chi connectivity index (χ0) is 16.2. The molecule has 1 aromatic carbocycles. The van der Waals surface area contributed by atoms with Crippen LogP contribution in [0.15, 0.2) is 24.3 Å². The molecule has 0 aliphatic carbocycles. The summed E-state index contributed by atoms with van der Waals surface area (Å²) < 4.78 is 1.72. The highest BCUT2D eigenvalue weighted by Crippen LogP contribution is 2.18. The molecule has 0 saturated carbocycles. The molecule has 0 unspecified atom stereocenters. The second-order valence-corrected chi connectivity index (χ2v) is 5.95. The van der Waals surface area contributed by atoms with Gasteiger partial charge in [-0.15, -0.1) is 5.10 Å². The van der Waals surface area contributed by atoms with E-state index in [0.717, 1.165) is 31.5 Å². The summed E-state index contributed by atoms with van der Waals surface area (Å²) >= 11 is 0. The molecule has 1 aliphatic heterocycles. The normalized spacial score (nSPS) is 16.4. The molecule has 1 N–H and O–H groups in total. The summed E-state index contributed by atoms with van der Waals surface area (Å²) in [6.45, 7) is 4.72. The summed E-state index contributed by atoms with van der Waals surface area (Å²) in [6.07, 6.45) is 1.99. The summed E-state index contributed by atoms with van der Waals surface area (Å²) in [5, 5.41) is 14.8. The maximum absolute atomic E-state index is 12.5. The monoisotopic (exact) mass is 314 g/mol. The van der Waals surface area contributed by atoms with Gasteiger partial charge in [0.15, 0.2) is 5.82 Å². The molecule has 1 amide bonds. The maximum atomic E-state index is 12.5. The first kappa shape index (κ1) is 15.6. The molecule has 1 aliphatic rings. The number of aromatic nitrogens is 4. The van der Waals surface area contributed by atoms with Crippen molar-refractivity contribution in [1.29, 1.82) is 0 Å². The minimum absolute atomic E-state index is 0.0306. The molecule has 122 valence electrons. The van der Waals surface area contributed by atoms with Gasteiger partial charge >= 0.3 is 0 Å². The van der Waals surface area contributed by atoms with Crippen LogP contribution in [0.25, 0.3) is 11.4 Å². The van der Waals surface area contributed by atoms with Gasteiger partial charge in [-0.2, -0.15) is 0 Å². The molecule has 1 fully saturated rings. The van der Waals surface area contributed by atoms with Crippen LogP contribution in [0.5, 0.6) is 0 Å². The molecule has 2 heterocycles. The highest BCUT2D eigenvalue weighted by Gasteiger charge is 2.19.